The SMILES string of the molecule is CN(CCC1CCCCN1)c1ccccc1. The number of piperidine rings is 1. The number of hydrogen-bond donors (Lipinski definition) is 1. The lowest BCUT2D eigenvalue weighted by Crippen LogP contribution is -2.36. The van der Waals surface area contributed by atoms with Crippen molar-refractivity contribution in [2.45, 2.75) is 31.7 Å². The molecule has 1 fully saturated rings. The highest BCUT2D eigenvalue weighted by atomic mass is 15.1. The van der Waals surface area contributed by atoms with Crippen molar-refractivity contribution in [1.82, 2.24) is 5.32 Å². The molecule has 0 radical (unpaired) electrons. The van der Waals surface area contributed by atoms with Gasteiger partial charge in [0.1, 0.15) is 0 Å². The van der Waals surface area contributed by atoms with Crippen molar-refractivity contribution in [1.29, 1.82) is 0 Å². The number of benzene rings is 1. The molecule has 0 aromatic heterocycles. The van der Waals surface area contributed by atoms with E-state index in [2.05, 4.69) is 47.6 Å². The van der Waals surface area contributed by atoms with Crippen molar-refractivity contribution >= 4 is 5.69 Å². The van der Waals surface area contributed by atoms with Crippen LogP contribution in [0.3, 0.4) is 0 Å². The number of anilines is 1. The van der Waals surface area contributed by atoms with Gasteiger partial charge in [-0.2, -0.15) is 0 Å². The van der Waals surface area contributed by atoms with Gasteiger partial charge in [0.2, 0.25) is 0 Å². The van der Waals surface area contributed by atoms with Gasteiger partial charge in [-0.15, -0.1) is 0 Å². The first-order valence-electron chi connectivity index (χ1n) is 6.36. The topological polar surface area (TPSA) is 15.3 Å². The Bertz CT molecular complexity index is 291. The molecule has 1 aliphatic heterocycles. The summed E-state index contributed by atoms with van der Waals surface area (Å²) in [5.74, 6) is 0. The molecule has 16 heavy (non-hydrogen) atoms. The molecule has 88 valence electrons. The van der Waals surface area contributed by atoms with Gasteiger partial charge in [-0.25, -0.2) is 0 Å². The Morgan fingerprint density at radius 2 is 2.06 bits per heavy atom. The Balaban J connectivity index is 1.77. The third-order valence-corrected chi connectivity index (χ3v) is 3.42. The molecule has 2 rings (SSSR count). The molecule has 0 spiro atoms. The highest BCUT2D eigenvalue weighted by Crippen LogP contribution is 2.14. The zero-order valence-corrected chi connectivity index (χ0v) is 10.2. The fraction of sp³-hybridized carbons (Fsp3) is 0.571. The summed E-state index contributed by atoms with van der Waals surface area (Å²) in [4.78, 5) is 2.34. The summed E-state index contributed by atoms with van der Waals surface area (Å²) in [6.45, 7) is 2.35. The zero-order chi connectivity index (χ0) is 11.2. The van der Waals surface area contributed by atoms with Crippen LogP contribution in [0.4, 0.5) is 5.69 Å². The quantitative estimate of drug-likeness (QED) is 0.836. The van der Waals surface area contributed by atoms with E-state index in [1.807, 2.05) is 0 Å². The minimum absolute atomic E-state index is 0.736. The van der Waals surface area contributed by atoms with E-state index in [0.29, 0.717) is 0 Å². The molecule has 2 nitrogen and oxygen atoms in total. The average molecular weight is 218 g/mol. The van der Waals surface area contributed by atoms with E-state index in [1.165, 1.54) is 37.9 Å². The standard InChI is InChI=1S/C14H22N2/c1-16(14-8-3-2-4-9-14)12-10-13-7-5-6-11-15-13/h2-4,8-9,13,15H,5-7,10-12H2,1H3. The predicted octanol–water partition coefficient (Wildman–Crippen LogP) is 2.66. The Morgan fingerprint density at radius 1 is 1.25 bits per heavy atom. The first-order chi connectivity index (χ1) is 7.86. The lowest BCUT2D eigenvalue weighted by atomic mass is 10.0. The zero-order valence-electron chi connectivity index (χ0n) is 10.2. The summed E-state index contributed by atoms with van der Waals surface area (Å²) < 4.78 is 0. The second-order valence-electron chi connectivity index (χ2n) is 4.69. The summed E-state index contributed by atoms with van der Waals surface area (Å²) in [5.41, 5.74) is 1.32. The van der Waals surface area contributed by atoms with Crippen LogP contribution >= 0.6 is 0 Å². The molecule has 1 aromatic rings. The van der Waals surface area contributed by atoms with Crippen molar-refractivity contribution in [2.75, 3.05) is 25.0 Å². The van der Waals surface area contributed by atoms with Crippen molar-refractivity contribution in [3.05, 3.63) is 30.3 Å². The van der Waals surface area contributed by atoms with Gasteiger partial charge >= 0.3 is 0 Å². The second-order valence-corrected chi connectivity index (χ2v) is 4.69. The van der Waals surface area contributed by atoms with E-state index >= 15 is 0 Å². The van der Waals surface area contributed by atoms with Crippen molar-refractivity contribution in [2.24, 2.45) is 0 Å². The van der Waals surface area contributed by atoms with Crippen molar-refractivity contribution in [3.8, 4) is 0 Å². The van der Waals surface area contributed by atoms with Crippen molar-refractivity contribution < 1.29 is 0 Å². The molecule has 1 atom stereocenters. The number of hydrogen-bond acceptors (Lipinski definition) is 2. The number of para-hydroxylation sites is 1. The summed E-state index contributed by atoms with van der Waals surface area (Å²) in [7, 11) is 2.18. The Hall–Kier alpha value is -1.02. The molecule has 2 heteroatoms. The van der Waals surface area contributed by atoms with E-state index in [-0.39, 0.29) is 0 Å². The van der Waals surface area contributed by atoms with E-state index in [9.17, 15) is 0 Å². The fourth-order valence-electron chi connectivity index (χ4n) is 2.33. The minimum atomic E-state index is 0.736. The molecule has 1 N–H and O–H groups in total. The summed E-state index contributed by atoms with van der Waals surface area (Å²) in [6, 6.07) is 11.4. The molecule has 1 aliphatic rings. The van der Waals surface area contributed by atoms with Gasteiger partial charge < -0.3 is 10.2 Å². The largest absolute Gasteiger partial charge is 0.375 e. The molecular formula is C14H22N2. The van der Waals surface area contributed by atoms with E-state index in [1.54, 1.807) is 0 Å². The highest BCUT2D eigenvalue weighted by Gasteiger charge is 2.12. The van der Waals surface area contributed by atoms with Crippen LogP contribution in [0.15, 0.2) is 30.3 Å². The third-order valence-electron chi connectivity index (χ3n) is 3.42. The van der Waals surface area contributed by atoms with Crippen molar-refractivity contribution in [3.63, 3.8) is 0 Å². The summed E-state index contributed by atoms with van der Waals surface area (Å²) >= 11 is 0. The molecule has 1 saturated heterocycles. The molecule has 0 saturated carbocycles. The van der Waals surface area contributed by atoms with Gasteiger partial charge in [-0.1, -0.05) is 24.6 Å². The smallest absolute Gasteiger partial charge is 0.0363 e. The molecule has 1 unspecified atom stereocenters. The van der Waals surface area contributed by atoms with E-state index in [0.717, 1.165) is 12.6 Å². The molecule has 0 bridgehead atoms. The lowest BCUT2D eigenvalue weighted by molar-refractivity contribution is 0.384. The van der Waals surface area contributed by atoms with E-state index in [4.69, 9.17) is 0 Å². The molecule has 0 amide bonds. The first kappa shape index (κ1) is 11.5. The average Bonchev–Trinajstić information content (AvgIpc) is 2.38. The molecular weight excluding hydrogens is 196 g/mol. The van der Waals surface area contributed by atoms with Gasteiger partial charge in [0, 0.05) is 25.3 Å². The Kier molecular flexibility index (Phi) is 4.23. The van der Waals surface area contributed by atoms with Gasteiger partial charge in [0.25, 0.3) is 0 Å². The predicted molar refractivity (Wildman–Crippen MR) is 70.0 cm³/mol. The Morgan fingerprint density at radius 3 is 2.75 bits per heavy atom. The maximum atomic E-state index is 3.60. The van der Waals surface area contributed by atoms with Crippen LogP contribution in [0.1, 0.15) is 25.7 Å². The first-order valence-corrected chi connectivity index (χ1v) is 6.36. The maximum Gasteiger partial charge on any atom is 0.0363 e. The van der Waals surface area contributed by atoms with Gasteiger partial charge in [-0.05, 0) is 37.9 Å². The molecule has 1 aromatic carbocycles. The third kappa shape index (κ3) is 3.24. The maximum absolute atomic E-state index is 3.60. The number of nitrogens with one attached hydrogen (secondary N) is 1. The van der Waals surface area contributed by atoms with Gasteiger partial charge in [0.15, 0.2) is 0 Å². The van der Waals surface area contributed by atoms with Crippen LogP contribution in [0, 0.1) is 0 Å². The van der Waals surface area contributed by atoms with Crippen LogP contribution in [0.25, 0.3) is 0 Å². The fourth-order valence-corrected chi connectivity index (χ4v) is 2.33. The number of rotatable bonds is 4. The second kappa shape index (κ2) is 5.90. The molecule has 1 heterocycles. The van der Waals surface area contributed by atoms with Crippen LogP contribution in [0.2, 0.25) is 0 Å². The van der Waals surface area contributed by atoms with Crippen LogP contribution in [-0.2, 0) is 0 Å². The Labute approximate surface area is 98.7 Å². The van der Waals surface area contributed by atoms with Gasteiger partial charge in [-0.3, -0.25) is 0 Å². The minimum Gasteiger partial charge on any atom is -0.375 e. The van der Waals surface area contributed by atoms with Crippen LogP contribution in [0.5, 0.6) is 0 Å². The van der Waals surface area contributed by atoms with Gasteiger partial charge in [0.05, 0.1) is 0 Å². The normalized spacial score (nSPS) is 20.7. The monoisotopic (exact) mass is 218 g/mol. The lowest BCUT2D eigenvalue weighted by Gasteiger charge is -2.26. The van der Waals surface area contributed by atoms with Crippen LogP contribution < -0.4 is 10.2 Å². The highest BCUT2D eigenvalue weighted by molar-refractivity contribution is 5.44. The summed E-state index contributed by atoms with van der Waals surface area (Å²) in [6.07, 6.45) is 5.35. The number of nitrogens with zero attached hydrogens (tertiary/aromatic N) is 1. The van der Waals surface area contributed by atoms with E-state index < -0.39 is 0 Å². The summed E-state index contributed by atoms with van der Waals surface area (Å²) in [5, 5.41) is 3.60. The van der Waals surface area contributed by atoms with Crippen LogP contribution in [-0.4, -0.2) is 26.2 Å². The molecule has 0 aliphatic carbocycles.